The second-order valence-electron chi connectivity index (χ2n) is 7.91. The van der Waals surface area contributed by atoms with Gasteiger partial charge in [-0.1, -0.05) is 66.7 Å². The molecule has 31 heavy (non-hydrogen) atoms. The Kier molecular flexibility index (Phi) is 6.97. The SMILES string of the molecule is COC(=O)CCC/C=C1/SC[C@H]2[C@@H]1N(Cc1ccccc1)C(=O)N2Cc1ccccc1. The molecule has 2 heterocycles. The number of methoxy groups -OCH3 is 1. The number of unbranched alkanes of at least 4 members (excludes halogenated alkanes) is 1. The van der Waals surface area contributed by atoms with Gasteiger partial charge in [0.2, 0.25) is 0 Å². The molecular formula is C25H28N2O3S. The average molecular weight is 437 g/mol. The van der Waals surface area contributed by atoms with Crippen LogP contribution >= 0.6 is 11.8 Å². The summed E-state index contributed by atoms with van der Waals surface area (Å²) < 4.78 is 4.74. The van der Waals surface area contributed by atoms with Gasteiger partial charge in [0.1, 0.15) is 0 Å². The van der Waals surface area contributed by atoms with Crippen molar-refractivity contribution in [3.05, 3.63) is 82.8 Å². The van der Waals surface area contributed by atoms with E-state index in [0.717, 1.165) is 29.7 Å². The van der Waals surface area contributed by atoms with E-state index >= 15 is 0 Å². The largest absolute Gasteiger partial charge is 0.469 e. The number of thioether (sulfide) groups is 1. The van der Waals surface area contributed by atoms with Crippen molar-refractivity contribution >= 4 is 23.8 Å². The molecule has 5 nitrogen and oxygen atoms in total. The highest BCUT2D eigenvalue weighted by Gasteiger charge is 2.50. The third kappa shape index (κ3) is 4.96. The Labute approximate surface area is 188 Å². The van der Waals surface area contributed by atoms with Crippen LogP contribution in [0.2, 0.25) is 0 Å². The van der Waals surface area contributed by atoms with Crippen LogP contribution in [0.3, 0.4) is 0 Å². The summed E-state index contributed by atoms with van der Waals surface area (Å²) in [5.41, 5.74) is 2.29. The maximum atomic E-state index is 13.5. The van der Waals surface area contributed by atoms with Crippen molar-refractivity contribution < 1.29 is 14.3 Å². The van der Waals surface area contributed by atoms with E-state index in [-0.39, 0.29) is 24.1 Å². The zero-order valence-electron chi connectivity index (χ0n) is 17.8. The second kappa shape index (κ2) is 10.1. The van der Waals surface area contributed by atoms with Crippen LogP contribution in [0.4, 0.5) is 4.79 Å². The van der Waals surface area contributed by atoms with E-state index in [1.165, 1.54) is 12.0 Å². The van der Waals surface area contributed by atoms with Crippen molar-refractivity contribution in [2.75, 3.05) is 12.9 Å². The van der Waals surface area contributed by atoms with Gasteiger partial charge in [0.05, 0.1) is 19.2 Å². The number of fused-ring (bicyclic) bond motifs is 1. The van der Waals surface area contributed by atoms with Crippen molar-refractivity contribution in [2.45, 2.75) is 44.4 Å². The van der Waals surface area contributed by atoms with E-state index in [9.17, 15) is 9.59 Å². The molecule has 2 atom stereocenters. The molecule has 0 spiro atoms. The molecule has 2 aliphatic rings. The summed E-state index contributed by atoms with van der Waals surface area (Å²) in [7, 11) is 1.42. The number of amides is 2. The van der Waals surface area contributed by atoms with Gasteiger partial charge in [-0.2, -0.15) is 0 Å². The van der Waals surface area contributed by atoms with Gasteiger partial charge >= 0.3 is 12.0 Å². The first-order chi connectivity index (χ1) is 15.2. The van der Waals surface area contributed by atoms with Crippen LogP contribution < -0.4 is 0 Å². The van der Waals surface area contributed by atoms with Crippen molar-refractivity contribution in [3.63, 3.8) is 0 Å². The summed E-state index contributed by atoms with van der Waals surface area (Å²) in [5.74, 6) is 0.725. The van der Waals surface area contributed by atoms with Gasteiger partial charge in [0.15, 0.2) is 0 Å². The summed E-state index contributed by atoms with van der Waals surface area (Å²) in [4.78, 5) is 30.2. The van der Waals surface area contributed by atoms with Gasteiger partial charge < -0.3 is 14.5 Å². The minimum absolute atomic E-state index is 0.0690. The number of carbonyl (C=O) groups is 2. The molecule has 0 aromatic heterocycles. The van der Waals surface area contributed by atoms with Crippen LogP contribution in [-0.2, 0) is 22.6 Å². The molecule has 6 heteroatoms. The van der Waals surface area contributed by atoms with Gasteiger partial charge in [-0.05, 0) is 24.0 Å². The first kappa shape index (κ1) is 21.5. The zero-order chi connectivity index (χ0) is 21.6. The van der Waals surface area contributed by atoms with E-state index in [1.54, 1.807) is 0 Å². The normalized spacial score (nSPS) is 21.6. The quantitative estimate of drug-likeness (QED) is 0.338. The van der Waals surface area contributed by atoms with Crippen LogP contribution in [0.15, 0.2) is 71.6 Å². The summed E-state index contributed by atoms with van der Waals surface area (Å²) in [6, 6.07) is 20.7. The summed E-state index contributed by atoms with van der Waals surface area (Å²) >= 11 is 1.84. The van der Waals surface area contributed by atoms with Crippen LogP contribution in [0, 0.1) is 0 Å². The number of urea groups is 1. The molecule has 2 aromatic rings. The second-order valence-corrected chi connectivity index (χ2v) is 9.00. The third-order valence-corrected chi connectivity index (χ3v) is 7.10. The number of hydrogen-bond donors (Lipinski definition) is 0. The molecule has 0 saturated carbocycles. The fraction of sp³-hybridized carbons (Fsp3) is 0.360. The number of ether oxygens (including phenoxy) is 1. The molecular weight excluding hydrogens is 408 g/mol. The number of esters is 1. The molecule has 0 unspecified atom stereocenters. The Hall–Kier alpha value is -2.73. The van der Waals surface area contributed by atoms with E-state index < -0.39 is 0 Å². The number of benzene rings is 2. The summed E-state index contributed by atoms with van der Waals surface area (Å²) in [6.07, 6.45) is 4.21. The maximum Gasteiger partial charge on any atom is 0.321 e. The van der Waals surface area contributed by atoms with Crippen LogP contribution in [0.1, 0.15) is 30.4 Å². The van der Waals surface area contributed by atoms with Gasteiger partial charge in [-0.3, -0.25) is 4.79 Å². The maximum absolute atomic E-state index is 13.5. The Bertz CT molecular complexity index is 932. The molecule has 0 bridgehead atoms. The van der Waals surface area contributed by atoms with Crippen molar-refractivity contribution in [2.24, 2.45) is 0 Å². The first-order valence-corrected chi connectivity index (χ1v) is 11.7. The van der Waals surface area contributed by atoms with Crippen LogP contribution in [-0.4, -0.2) is 46.7 Å². The minimum atomic E-state index is -0.175. The van der Waals surface area contributed by atoms with E-state index in [4.69, 9.17) is 4.74 Å². The highest BCUT2D eigenvalue weighted by molar-refractivity contribution is 8.03. The topological polar surface area (TPSA) is 49.9 Å². The molecule has 4 rings (SSSR count). The Morgan fingerprint density at radius 1 is 1.03 bits per heavy atom. The molecule has 2 aliphatic heterocycles. The van der Waals surface area contributed by atoms with E-state index in [2.05, 4.69) is 30.3 Å². The predicted molar refractivity (Wildman–Crippen MR) is 123 cm³/mol. The third-order valence-electron chi connectivity index (χ3n) is 5.85. The van der Waals surface area contributed by atoms with Gasteiger partial charge in [-0.25, -0.2) is 4.79 Å². The number of nitrogens with zero attached hydrogens (tertiary/aromatic N) is 2. The molecule has 0 radical (unpaired) electrons. The summed E-state index contributed by atoms with van der Waals surface area (Å²) in [5, 5.41) is 0. The number of allylic oxidation sites excluding steroid dienone is 1. The lowest BCUT2D eigenvalue weighted by Gasteiger charge is -2.23. The lowest BCUT2D eigenvalue weighted by atomic mass is 10.1. The minimum Gasteiger partial charge on any atom is -0.469 e. The lowest BCUT2D eigenvalue weighted by Crippen LogP contribution is -2.35. The fourth-order valence-corrected chi connectivity index (χ4v) is 5.70. The van der Waals surface area contributed by atoms with E-state index in [1.807, 2.05) is 58.0 Å². The number of hydrogen-bond acceptors (Lipinski definition) is 4. The number of rotatable bonds is 8. The monoisotopic (exact) mass is 436 g/mol. The molecule has 2 fully saturated rings. The van der Waals surface area contributed by atoms with Crippen molar-refractivity contribution in [1.82, 2.24) is 9.80 Å². The molecule has 0 aliphatic carbocycles. The summed E-state index contributed by atoms with van der Waals surface area (Å²) in [6.45, 7) is 1.23. The smallest absolute Gasteiger partial charge is 0.321 e. The Balaban J connectivity index is 1.54. The molecule has 162 valence electrons. The number of carbonyl (C=O) groups excluding carboxylic acids is 2. The van der Waals surface area contributed by atoms with E-state index in [0.29, 0.717) is 19.5 Å². The van der Waals surface area contributed by atoms with Gasteiger partial charge in [-0.15, -0.1) is 11.8 Å². The standard InChI is InChI=1S/C25H28N2O3S/c1-30-23(28)15-9-8-14-22-24-21(18-31-22)26(16-19-10-4-2-5-11-19)25(29)27(24)17-20-12-6-3-7-13-20/h2-7,10-14,21,24H,8-9,15-18H2,1H3/b22-14+/t21-,24-/m0/s1. The van der Waals surface area contributed by atoms with Gasteiger partial charge in [0.25, 0.3) is 0 Å². The van der Waals surface area contributed by atoms with Crippen molar-refractivity contribution in [3.8, 4) is 0 Å². The molecule has 2 amide bonds. The zero-order valence-corrected chi connectivity index (χ0v) is 18.6. The van der Waals surface area contributed by atoms with Crippen LogP contribution in [0.5, 0.6) is 0 Å². The lowest BCUT2D eigenvalue weighted by molar-refractivity contribution is -0.140. The molecule has 2 saturated heterocycles. The highest BCUT2D eigenvalue weighted by Crippen LogP contribution is 2.43. The Morgan fingerprint density at radius 2 is 1.65 bits per heavy atom. The van der Waals surface area contributed by atoms with Crippen LogP contribution in [0.25, 0.3) is 0 Å². The van der Waals surface area contributed by atoms with Gasteiger partial charge in [0, 0.05) is 30.2 Å². The predicted octanol–water partition coefficient (Wildman–Crippen LogP) is 4.84. The highest BCUT2D eigenvalue weighted by atomic mass is 32.2. The first-order valence-electron chi connectivity index (χ1n) is 10.7. The molecule has 0 N–H and O–H groups in total. The fourth-order valence-electron chi connectivity index (χ4n) is 4.28. The molecule has 2 aromatic carbocycles. The Morgan fingerprint density at radius 3 is 2.26 bits per heavy atom. The van der Waals surface area contributed by atoms with Crippen molar-refractivity contribution in [1.29, 1.82) is 0 Å². The average Bonchev–Trinajstić information content (AvgIpc) is 3.32.